The Kier molecular flexibility index (Phi) is 2.22. The Morgan fingerprint density at radius 1 is 1.46 bits per heavy atom. The molecule has 4 heteroatoms. The number of imidazole rings is 1. The number of rotatable bonds is 2. The zero-order valence-electron chi connectivity index (χ0n) is 8.03. The minimum absolute atomic E-state index is 0.606. The van der Waals surface area contributed by atoms with Crippen molar-refractivity contribution >= 4 is 5.95 Å². The lowest BCUT2D eigenvalue weighted by molar-refractivity contribution is 0.327. The lowest BCUT2D eigenvalue weighted by atomic mass is 10.4. The number of anilines is 1. The van der Waals surface area contributed by atoms with Crippen LogP contribution in [-0.2, 0) is 13.6 Å². The summed E-state index contributed by atoms with van der Waals surface area (Å²) < 4.78 is 1.87. The molecule has 72 valence electrons. The predicted octanol–water partition coefficient (Wildman–Crippen LogP) is 0.598. The Morgan fingerprint density at radius 3 is 2.69 bits per heavy atom. The molecule has 0 aliphatic carbocycles. The van der Waals surface area contributed by atoms with Crippen LogP contribution in [-0.4, -0.2) is 27.5 Å². The normalized spacial score (nSPS) is 18.2. The number of nitrogen functional groups attached to an aromatic ring is 1. The minimum atomic E-state index is 0.606. The highest BCUT2D eigenvalue weighted by molar-refractivity contribution is 5.21. The van der Waals surface area contributed by atoms with E-state index in [0.717, 1.165) is 12.2 Å². The summed E-state index contributed by atoms with van der Waals surface area (Å²) in [4.78, 5) is 6.69. The SMILES string of the molecule is Cn1cc(CN2CCCC2)nc1N. The van der Waals surface area contributed by atoms with Crippen LogP contribution in [0.3, 0.4) is 0 Å². The molecule has 1 saturated heterocycles. The predicted molar refractivity (Wildman–Crippen MR) is 52.1 cm³/mol. The van der Waals surface area contributed by atoms with Gasteiger partial charge in [0.25, 0.3) is 0 Å². The molecule has 0 saturated carbocycles. The molecule has 0 atom stereocenters. The fourth-order valence-electron chi connectivity index (χ4n) is 1.79. The summed E-state index contributed by atoms with van der Waals surface area (Å²) in [5.41, 5.74) is 6.73. The summed E-state index contributed by atoms with van der Waals surface area (Å²) in [5, 5.41) is 0. The third-order valence-electron chi connectivity index (χ3n) is 2.55. The molecule has 0 unspecified atom stereocenters. The van der Waals surface area contributed by atoms with Crippen molar-refractivity contribution in [2.24, 2.45) is 7.05 Å². The number of nitrogens with zero attached hydrogens (tertiary/aromatic N) is 3. The molecule has 1 aliphatic heterocycles. The van der Waals surface area contributed by atoms with Gasteiger partial charge in [-0.15, -0.1) is 0 Å². The lowest BCUT2D eigenvalue weighted by Crippen LogP contribution is -2.18. The molecule has 2 rings (SSSR count). The van der Waals surface area contributed by atoms with Gasteiger partial charge in [-0.1, -0.05) is 0 Å². The molecule has 2 N–H and O–H groups in total. The minimum Gasteiger partial charge on any atom is -0.369 e. The van der Waals surface area contributed by atoms with E-state index in [1.165, 1.54) is 25.9 Å². The Bertz CT molecular complexity index is 266. The van der Waals surface area contributed by atoms with Crippen LogP contribution in [0.25, 0.3) is 0 Å². The smallest absolute Gasteiger partial charge is 0.200 e. The standard InChI is InChI=1S/C9H16N4/c1-12-6-8(11-9(12)10)7-13-4-2-3-5-13/h6H,2-5,7H2,1H3,(H2,10,11). The first-order valence-electron chi connectivity index (χ1n) is 4.76. The van der Waals surface area contributed by atoms with Gasteiger partial charge in [-0.25, -0.2) is 4.98 Å². The van der Waals surface area contributed by atoms with Crippen LogP contribution in [0.4, 0.5) is 5.95 Å². The number of nitrogens with two attached hydrogens (primary N) is 1. The van der Waals surface area contributed by atoms with Crippen LogP contribution in [0.15, 0.2) is 6.20 Å². The Hall–Kier alpha value is -1.03. The molecular weight excluding hydrogens is 164 g/mol. The van der Waals surface area contributed by atoms with Crippen LogP contribution in [0.5, 0.6) is 0 Å². The van der Waals surface area contributed by atoms with Crippen LogP contribution in [0.2, 0.25) is 0 Å². The van der Waals surface area contributed by atoms with Crippen molar-refractivity contribution < 1.29 is 0 Å². The molecule has 1 fully saturated rings. The summed E-state index contributed by atoms with van der Waals surface area (Å²) in [5.74, 6) is 0.606. The van der Waals surface area contributed by atoms with Gasteiger partial charge in [0.15, 0.2) is 5.95 Å². The topological polar surface area (TPSA) is 47.1 Å². The number of aromatic nitrogens is 2. The van der Waals surface area contributed by atoms with E-state index in [2.05, 4.69) is 9.88 Å². The highest BCUT2D eigenvalue weighted by Crippen LogP contribution is 2.12. The summed E-state index contributed by atoms with van der Waals surface area (Å²) in [6.07, 6.45) is 4.65. The second-order valence-electron chi connectivity index (χ2n) is 3.68. The monoisotopic (exact) mass is 180 g/mol. The van der Waals surface area contributed by atoms with Crippen molar-refractivity contribution in [3.63, 3.8) is 0 Å². The van der Waals surface area contributed by atoms with E-state index < -0.39 is 0 Å². The highest BCUT2D eigenvalue weighted by Gasteiger charge is 2.13. The molecule has 0 spiro atoms. The van der Waals surface area contributed by atoms with Crippen LogP contribution in [0, 0.1) is 0 Å². The van der Waals surface area contributed by atoms with E-state index in [-0.39, 0.29) is 0 Å². The maximum Gasteiger partial charge on any atom is 0.200 e. The van der Waals surface area contributed by atoms with Gasteiger partial charge in [0.1, 0.15) is 0 Å². The average Bonchev–Trinajstić information content (AvgIpc) is 2.64. The van der Waals surface area contributed by atoms with Crippen molar-refractivity contribution in [2.75, 3.05) is 18.8 Å². The Labute approximate surface area is 78.4 Å². The fraction of sp³-hybridized carbons (Fsp3) is 0.667. The first-order chi connectivity index (χ1) is 6.25. The summed E-state index contributed by atoms with van der Waals surface area (Å²) in [6, 6.07) is 0. The Morgan fingerprint density at radius 2 is 2.15 bits per heavy atom. The fourth-order valence-corrected chi connectivity index (χ4v) is 1.79. The first kappa shape index (κ1) is 8.56. The van der Waals surface area contributed by atoms with Crippen molar-refractivity contribution in [1.29, 1.82) is 0 Å². The molecule has 0 bridgehead atoms. The van der Waals surface area contributed by atoms with Gasteiger partial charge in [-0.2, -0.15) is 0 Å². The summed E-state index contributed by atoms with van der Waals surface area (Å²) in [7, 11) is 1.93. The summed E-state index contributed by atoms with van der Waals surface area (Å²) >= 11 is 0. The second-order valence-corrected chi connectivity index (χ2v) is 3.68. The third-order valence-corrected chi connectivity index (χ3v) is 2.55. The summed E-state index contributed by atoms with van der Waals surface area (Å²) in [6.45, 7) is 3.36. The van der Waals surface area contributed by atoms with Crippen molar-refractivity contribution in [1.82, 2.24) is 14.5 Å². The Balaban J connectivity index is 2.00. The first-order valence-corrected chi connectivity index (χ1v) is 4.76. The van der Waals surface area contributed by atoms with Gasteiger partial charge < -0.3 is 10.3 Å². The zero-order chi connectivity index (χ0) is 9.26. The number of hydrogen-bond donors (Lipinski definition) is 1. The molecule has 4 nitrogen and oxygen atoms in total. The molecule has 0 radical (unpaired) electrons. The number of aryl methyl sites for hydroxylation is 1. The van der Waals surface area contributed by atoms with Crippen LogP contribution < -0.4 is 5.73 Å². The van der Waals surface area contributed by atoms with Gasteiger partial charge in [-0.05, 0) is 25.9 Å². The van der Waals surface area contributed by atoms with E-state index in [1.54, 1.807) is 0 Å². The number of hydrogen-bond acceptors (Lipinski definition) is 3. The zero-order valence-corrected chi connectivity index (χ0v) is 8.03. The maximum atomic E-state index is 5.65. The molecule has 1 aromatic rings. The lowest BCUT2D eigenvalue weighted by Gasteiger charge is -2.11. The van der Waals surface area contributed by atoms with Gasteiger partial charge in [-0.3, -0.25) is 4.90 Å². The molecular formula is C9H16N4. The van der Waals surface area contributed by atoms with Crippen LogP contribution in [0.1, 0.15) is 18.5 Å². The van der Waals surface area contributed by atoms with Crippen molar-refractivity contribution in [3.05, 3.63) is 11.9 Å². The van der Waals surface area contributed by atoms with E-state index in [4.69, 9.17) is 5.73 Å². The van der Waals surface area contributed by atoms with E-state index >= 15 is 0 Å². The largest absolute Gasteiger partial charge is 0.369 e. The average molecular weight is 180 g/mol. The van der Waals surface area contributed by atoms with E-state index in [1.807, 2.05) is 17.8 Å². The van der Waals surface area contributed by atoms with Gasteiger partial charge in [0, 0.05) is 19.8 Å². The van der Waals surface area contributed by atoms with Crippen LogP contribution >= 0.6 is 0 Å². The van der Waals surface area contributed by atoms with Crippen molar-refractivity contribution in [3.8, 4) is 0 Å². The van der Waals surface area contributed by atoms with Gasteiger partial charge >= 0.3 is 0 Å². The van der Waals surface area contributed by atoms with E-state index in [0.29, 0.717) is 5.95 Å². The quantitative estimate of drug-likeness (QED) is 0.725. The number of likely N-dealkylation sites (tertiary alicyclic amines) is 1. The van der Waals surface area contributed by atoms with Crippen molar-refractivity contribution in [2.45, 2.75) is 19.4 Å². The maximum absolute atomic E-state index is 5.65. The molecule has 0 aromatic carbocycles. The molecule has 2 heterocycles. The third kappa shape index (κ3) is 1.83. The molecule has 1 aliphatic rings. The molecule has 1 aromatic heterocycles. The molecule has 13 heavy (non-hydrogen) atoms. The van der Waals surface area contributed by atoms with Gasteiger partial charge in [0.05, 0.1) is 5.69 Å². The highest BCUT2D eigenvalue weighted by atomic mass is 15.2. The van der Waals surface area contributed by atoms with E-state index in [9.17, 15) is 0 Å². The molecule has 0 amide bonds. The van der Waals surface area contributed by atoms with Gasteiger partial charge in [0.2, 0.25) is 0 Å². The second kappa shape index (κ2) is 3.38.